The van der Waals surface area contributed by atoms with E-state index in [1.165, 1.54) is 11.6 Å². The number of allylic oxidation sites excluding steroid dienone is 12. The lowest BCUT2D eigenvalue weighted by molar-refractivity contribution is -0.131. The molecule has 3 N–H and O–H groups in total. The molecular weight excluding hydrogens is 376 g/mol. The van der Waals surface area contributed by atoms with Gasteiger partial charge in [0.15, 0.2) is 0 Å². The van der Waals surface area contributed by atoms with Gasteiger partial charge in [-0.2, -0.15) is 0 Å². The van der Waals surface area contributed by atoms with E-state index in [1.807, 2.05) is 26.0 Å². The summed E-state index contributed by atoms with van der Waals surface area (Å²) in [5, 5.41) is 31.7. The van der Waals surface area contributed by atoms with E-state index in [9.17, 15) is 15.0 Å². The maximum absolute atomic E-state index is 11.7. The first-order valence-electron chi connectivity index (χ1n) is 10.3. The number of carboxylic acid groups (broad SMARTS) is 1. The number of hydrogen-bond donors (Lipinski definition) is 3. The molecule has 4 nitrogen and oxygen atoms in total. The smallest absolute Gasteiger partial charge is 0.328 e. The number of aliphatic hydroxyl groups is 2. The van der Waals surface area contributed by atoms with Crippen LogP contribution in [0.25, 0.3) is 0 Å². The minimum atomic E-state index is -1.44. The Hall–Kier alpha value is -2.69. The van der Waals surface area contributed by atoms with Crippen molar-refractivity contribution in [2.24, 2.45) is 11.8 Å². The second-order valence-electron chi connectivity index (χ2n) is 7.89. The van der Waals surface area contributed by atoms with Crippen LogP contribution in [-0.2, 0) is 4.79 Å². The van der Waals surface area contributed by atoms with Gasteiger partial charge in [-0.05, 0) is 57.3 Å². The number of hydrogen-bond acceptors (Lipinski definition) is 3. The zero-order valence-corrected chi connectivity index (χ0v) is 17.9. The highest BCUT2D eigenvalue weighted by Crippen LogP contribution is 2.49. The number of aliphatic carboxylic acids is 1. The Morgan fingerprint density at radius 2 is 1.67 bits per heavy atom. The molecule has 0 saturated heterocycles. The SMILES string of the molecule is C/C=C(\C)[C@]1(O)C=C[C@@H]2CC(C)=CC[C@H]2[C@]1(O)/C=C/C=C/C=C\C=C\C=C\C(=O)O. The van der Waals surface area contributed by atoms with Crippen molar-refractivity contribution in [2.75, 3.05) is 0 Å². The zero-order valence-electron chi connectivity index (χ0n) is 17.9. The third-order valence-electron chi connectivity index (χ3n) is 5.96. The van der Waals surface area contributed by atoms with Crippen LogP contribution >= 0.6 is 0 Å². The molecule has 0 fully saturated rings. The molecule has 160 valence electrons. The van der Waals surface area contributed by atoms with E-state index < -0.39 is 17.2 Å². The van der Waals surface area contributed by atoms with E-state index in [0.717, 1.165) is 24.5 Å². The minimum absolute atomic E-state index is 0.102. The molecule has 0 aliphatic heterocycles. The predicted octanol–water partition coefficient (Wildman–Crippen LogP) is 4.82. The van der Waals surface area contributed by atoms with Gasteiger partial charge >= 0.3 is 5.97 Å². The van der Waals surface area contributed by atoms with Crippen LogP contribution in [0, 0.1) is 11.8 Å². The van der Waals surface area contributed by atoms with Gasteiger partial charge in [0.25, 0.3) is 0 Å². The molecule has 0 radical (unpaired) electrons. The maximum Gasteiger partial charge on any atom is 0.328 e. The van der Waals surface area contributed by atoms with Gasteiger partial charge in [-0.1, -0.05) is 72.4 Å². The highest BCUT2D eigenvalue weighted by Gasteiger charge is 2.56. The van der Waals surface area contributed by atoms with Crippen LogP contribution in [0.3, 0.4) is 0 Å². The van der Waals surface area contributed by atoms with Crippen molar-refractivity contribution in [1.29, 1.82) is 0 Å². The molecule has 0 aromatic heterocycles. The molecule has 4 atom stereocenters. The van der Waals surface area contributed by atoms with E-state index in [0.29, 0.717) is 0 Å². The molecule has 0 aromatic carbocycles. The Labute approximate surface area is 179 Å². The summed E-state index contributed by atoms with van der Waals surface area (Å²) >= 11 is 0. The lowest BCUT2D eigenvalue weighted by Gasteiger charge is -2.51. The van der Waals surface area contributed by atoms with Crippen LogP contribution in [0.4, 0.5) is 0 Å². The van der Waals surface area contributed by atoms with Crippen molar-refractivity contribution < 1.29 is 20.1 Å². The first-order valence-corrected chi connectivity index (χ1v) is 10.3. The molecule has 0 aromatic rings. The zero-order chi connectivity index (χ0) is 22.2. The van der Waals surface area contributed by atoms with Crippen molar-refractivity contribution >= 4 is 5.97 Å². The van der Waals surface area contributed by atoms with Crippen LogP contribution in [0.5, 0.6) is 0 Å². The number of fused-ring (bicyclic) bond motifs is 1. The summed E-state index contributed by atoms with van der Waals surface area (Å²) < 4.78 is 0. The summed E-state index contributed by atoms with van der Waals surface area (Å²) in [5.74, 6) is -0.888. The lowest BCUT2D eigenvalue weighted by atomic mass is 9.59. The summed E-state index contributed by atoms with van der Waals surface area (Å²) in [5.41, 5.74) is -0.812. The highest BCUT2D eigenvalue weighted by molar-refractivity contribution is 5.80. The Bertz CT molecular complexity index is 865. The minimum Gasteiger partial charge on any atom is -0.478 e. The van der Waals surface area contributed by atoms with Gasteiger partial charge in [0.05, 0.1) is 0 Å². The lowest BCUT2D eigenvalue weighted by Crippen LogP contribution is -2.61. The molecule has 0 amide bonds. The monoisotopic (exact) mass is 408 g/mol. The van der Waals surface area contributed by atoms with Crippen molar-refractivity contribution in [3.63, 3.8) is 0 Å². The maximum atomic E-state index is 11.7. The molecule has 0 saturated carbocycles. The standard InChI is InChI=1S/C26H32O4/c1-4-21(3)25(29)18-16-22-19-20(2)14-15-23(22)26(25,30)17-12-10-8-6-5-7-9-11-13-24(27)28/h4-14,16-18,22-23,29-30H,15,19H2,1-3H3,(H,27,28)/b6-5-,9-7+,10-8+,13-11+,17-12+,21-4+/t22-,23-,25-,26-/m1/s1. The predicted molar refractivity (Wildman–Crippen MR) is 122 cm³/mol. The first-order chi connectivity index (χ1) is 14.2. The first kappa shape index (κ1) is 23.6. The molecule has 4 heteroatoms. The Morgan fingerprint density at radius 3 is 2.27 bits per heavy atom. The second-order valence-corrected chi connectivity index (χ2v) is 7.89. The molecule has 0 heterocycles. The van der Waals surface area contributed by atoms with Crippen LogP contribution < -0.4 is 0 Å². The quantitative estimate of drug-likeness (QED) is 0.321. The number of carbonyl (C=O) groups is 1. The molecule has 2 aliphatic carbocycles. The van der Waals surface area contributed by atoms with Gasteiger partial charge in [-0.3, -0.25) is 0 Å². The van der Waals surface area contributed by atoms with Crippen molar-refractivity contribution in [3.05, 3.63) is 96.2 Å². The average molecular weight is 409 g/mol. The average Bonchev–Trinajstić information content (AvgIpc) is 2.71. The van der Waals surface area contributed by atoms with Crippen LogP contribution in [0.15, 0.2) is 96.2 Å². The summed E-state index contributed by atoms with van der Waals surface area (Å²) in [4.78, 5) is 10.4. The highest BCUT2D eigenvalue weighted by atomic mass is 16.4. The fraction of sp³-hybridized carbons (Fsp3) is 0.346. The molecule has 0 unspecified atom stereocenters. The fourth-order valence-electron chi connectivity index (χ4n) is 4.13. The Balaban J connectivity index is 2.20. The van der Waals surface area contributed by atoms with Gasteiger partial charge in [-0.25, -0.2) is 4.79 Å². The summed E-state index contributed by atoms with van der Waals surface area (Å²) in [7, 11) is 0. The van der Waals surface area contributed by atoms with Crippen LogP contribution in [-0.4, -0.2) is 32.5 Å². The van der Waals surface area contributed by atoms with Crippen molar-refractivity contribution in [2.45, 2.75) is 44.8 Å². The Morgan fingerprint density at radius 1 is 1.07 bits per heavy atom. The summed E-state index contributed by atoms with van der Waals surface area (Å²) in [6.07, 6.45) is 26.0. The van der Waals surface area contributed by atoms with E-state index in [1.54, 1.807) is 48.6 Å². The van der Waals surface area contributed by atoms with Gasteiger partial charge in [0.1, 0.15) is 11.2 Å². The molecule has 0 bridgehead atoms. The van der Waals surface area contributed by atoms with Crippen LogP contribution in [0.1, 0.15) is 33.6 Å². The fourth-order valence-corrected chi connectivity index (χ4v) is 4.13. The number of carboxylic acids is 1. The topological polar surface area (TPSA) is 77.8 Å². The third-order valence-corrected chi connectivity index (χ3v) is 5.96. The van der Waals surface area contributed by atoms with Gasteiger partial charge in [0, 0.05) is 12.0 Å². The van der Waals surface area contributed by atoms with Gasteiger partial charge in [-0.15, -0.1) is 0 Å². The Kier molecular flexibility index (Phi) is 8.16. The summed E-state index contributed by atoms with van der Waals surface area (Å²) in [6, 6.07) is 0. The van der Waals surface area contributed by atoms with E-state index in [-0.39, 0.29) is 11.8 Å². The largest absolute Gasteiger partial charge is 0.478 e. The van der Waals surface area contributed by atoms with Crippen molar-refractivity contribution in [3.8, 4) is 0 Å². The molecule has 2 aliphatic rings. The number of rotatable bonds is 7. The van der Waals surface area contributed by atoms with E-state index in [2.05, 4.69) is 19.1 Å². The molecule has 0 spiro atoms. The second kappa shape index (κ2) is 10.4. The molecular formula is C26H32O4. The van der Waals surface area contributed by atoms with Gasteiger partial charge < -0.3 is 15.3 Å². The molecule has 2 rings (SSSR count). The van der Waals surface area contributed by atoms with Crippen LogP contribution in [0.2, 0.25) is 0 Å². The van der Waals surface area contributed by atoms with E-state index in [4.69, 9.17) is 5.11 Å². The molecule has 30 heavy (non-hydrogen) atoms. The van der Waals surface area contributed by atoms with Crippen molar-refractivity contribution in [1.82, 2.24) is 0 Å². The third kappa shape index (κ3) is 5.26. The van der Waals surface area contributed by atoms with Gasteiger partial charge in [0.2, 0.25) is 0 Å². The summed E-state index contributed by atoms with van der Waals surface area (Å²) in [6.45, 7) is 5.82. The van der Waals surface area contributed by atoms with E-state index >= 15 is 0 Å². The normalized spacial score (nSPS) is 32.7.